The highest BCUT2D eigenvalue weighted by Gasteiger charge is 2.15. The number of anilines is 1. The molecule has 17 heavy (non-hydrogen) atoms. The molecule has 0 amide bonds. The number of thiazole rings is 1. The Morgan fingerprint density at radius 3 is 3.18 bits per heavy atom. The molecule has 0 saturated carbocycles. The highest BCUT2D eigenvalue weighted by molar-refractivity contribution is 7.22. The third-order valence-electron chi connectivity index (χ3n) is 3.05. The second-order valence-corrected chi connectivity index (χ2v) is 5.76. The average molecular weight is 269 g/mol. The summed E-state index contributed by atoms with van der Waals surface area (Å²) < 4.78 is 1.18. The molecule has 0 unspecified atom stereocenters. The number of hydrogen-bond acceptors (Lipinski definition) is 3. The van der Waals surface area contributed by atoms with Crippen LogP contribution in [0.1, 0.15) is 6.42 Å². The van der Waals surface area contributed by atoms with Crippen LogP contribution in [-0.4, -0.2) is 31.2 Å². The summed E-state index contributed by atoms with van der Waals surface area (Å²) in [6.45, 7) is 4.60. The molecule has 1 fully saturated rings. The smallest absolute Gasteiger partial charge is 0.186 e. The van der Waals surface area contributed by atoms with Gasteiger partial charge in [-0.3, -0.25) is 0 Å². The lowest BCUT2D eigenvalue weighted by atomic mass is 10.3. The molecule has 2 heterocycles. The zero-order valence-electron chi connectivity index (χ0n) is 9.53. The molecule has 1 aromatic heterocycles. The van der Waals surface area contributed by atoms with Gasteiger partial charge in [0.25, 0.3) is 0 Å². The van der Waals surface area contributed by atoms with E-state index >= 15 is 0 Å². The first kappa shape index (κ1) is 11.3. The molecular weight excluding hydrogens is 254 g/mol. The largest absolute Gasteiger partial charge is 0.345 e. The number of aromatic nitrogens is 1. The Labute approximate surface area is 109 Å². The highest BCUT2D eigenvalue weighted by atomic mass is 35.5. The summed E-state index contributed by atoms with van der Waals surface area (Å²) in [5.41, 5.74) is 1.06. The molecule has 1 aliphatic rings. The number of fused-ring (bicyclic) bond motifs is 1. The van der Waals surface area contributed by atoms with E-state index in [1.165, 1.54) is 17.7 Å². The van der Waals surface area contributed by atoms with Crippen LogP contribution in [0, 0.1) is 0 Å². The lowest BCUT2D eigenvalue weighted by molar-refractivity contribution is -0.650. The van der Waals surface area contributed by atoms with Crippen molar-refractivity contribution in [1.82, 2.24) is 4.98 Å². The molecule has 0 atom stereocenters. The number of nitrogens with two attached hydrogens (primary N) is 1. The molecule has 1 saturated heterocycles. The molecule has 0 spiro atoms. The van der Waals surface area contributed by atoms with E-state index in [1.54, 1.807) is 11.3 Å². The summed E-state index contributed by atoms with van der Waals surface area (Å²) >= 11 is 7.74. The van der Waals surface area contributed by atoms with Crippen molar-refractivity contribution >= 4 is 38.3 Å². The maximum Gasteiger partial charge on any atom is 0.186 e. The number of rotatable bonds is 1. The minimum absolute atomic E-state index is 0.789. The van der Waals surface area contributed by atoms with Crippen LogP contribution in [0.5, 0.6) is 0 Å². The van der Waals surface area contributed by atoms with E-state index in [-0.39, 0.29) is 0 Å². The summed E-state index contributed by atoms with van der Waals surface area (Å²) in [5, 5.41) is 4.30. The molecule has 3 rings (SSSR count). The van der Waals surface area contributed by atoms with E-state index in [0.717, 1.165) is 35.3 Å². The van der Waals surface area contributed by atoms with E-state index in [4.69, 9.17) is 16.6 Å². The first-order valence-corrected chi connectivity index (χ1v) is 7.15. The Bertz CT molecular complexity index is 517. The second-order valence-electron chi connectivity index (χ2n) is 4.32. The Morgan fingerprint density at radius 2 is 2.24 bits per heavy atom. The van der Waals surface area contributed by atoms with E-state index in [0.29, 0.717) is 0 Å². The second kappa shape index (κ2) is 4.80. The number of hydrogen-bond donors (Lipinski definition) is 1. The monoisotopic (exact) mass is 268 g/mol. The van der Waals surface area contributed by atoms with Crippen molar-refractivity contribution in [2.45, 2.75) is 6.42 Å². The molecule has 0 aliphatic carbocycles. The minimum Gasteiger partial charge on any atom is -0.345 e. The van der Waals surface area contributed by atoms with Gasteiger partial charge in [-0.2, -0.15) is 0 Å². The molecule has 5 heteroatoms. The third-order valence-corrected chi connectivity index (χ3v) is 4.36. The fraction of sp³-hybridized carbons (Fsp3) is 0.417. The van der Waals surface area contributed by atoms with Crippen LogP contribution in [0.4, 0.5) is 5.13 Å². The highest BCUT2D eigenvalue weighted by Crippen LogP contribution is 2.30. The van der Waals surface area contributed by atoms with Gasteiger partial charge in [0.05, 0.1) is 29.9 Å². The van der Waals surface area contributed by atoms with Crippen LogP contribution in [-0.2, 0) is 0 Å². The summed E-state index contributed by atoms with van der Waals surface area (Å²) in [7, 11) is 0. The van der Waals surface area contributed by atoms with Crippen LogP contribution in [0.25, 0.3) is 10.2 Å². The predicted octanol–water partition coefficient (Wildman–Crippen LogP) is 1.72. The summed E-state index contributed by atoms with van der Waals surface area (Å²) in [6, 6.07) is 5.91. The van der Waals surface area contributed by atoms with Crippen LogP contribution >= 0.6 is 22.9 Å². The van der Waals surface area contributed by atoms with Crippen molar-refractivity contribution in [2.24, 2.45) is 0 Å². The lowest BCUT2D eigenvalue weighted by Crippen LogP contribution is -2.84. The molecule has 0 radical (unpaired) electrons. The van der Waals surface area contributed by atoms with Crippen molar-refractivity contribution in [3.63, 3.8) is 0 Å². The molecule has 1 aromatic carbocycles. The quantitative estimate of drug-likeness (QED) is 0.854. The zero-order valence-corrected chi connectivity index (χ0v) is 11.1. The average Bonchev–Trinajstić information content (AvgIpc) is 2.57. The third kappa shape index (κ3) is 2.39. The van der Waals surface area contributed by atoms with Crippen molar-refractivity contribution < 1.29 is 5.32 Å². The van der Waals surface area contributed by atoms with Gasteiger partial charge in [0, 0.05) is 18.0 Å². The van der Waals surface area contributed by atoms with Crippen LogP contribution in [0.2, 0.25) is 5.02 Å². The Morgan fingerprint density at radius 1 is 1.29 bits per heavy atom. The fourth-order valence-corrected chi connectivity index (χ4v) is 3.44. The van der Waals surface area contributed by atoms with Crippen LogP contribution in [0.3, 0.4) is 0 Å². The molecule has 90 valence electrons. The molecule has 1 aliphatic heterocycles. The molecule has 2 N–H and O–H groups in total. The van der Waals surface area contributed by atoms with E-state index in [1.807, 2.05) is 18.2 Å². The molecular formula is C12H15ClN3S+. The van der Waals surface area contributed by atoms with Gasteiger partial charge in [0.1, 0.15) is 0 Å². The Hall–Kier alpha value is -0.840. The summed E-state index contributed by atoms with van der Waals surface area (Å²) in [4.78, 5) is 7.08. The van der Waals surface area contributed by atoms with E-state index in [9.17, 15) is 0 Å². The van der Waals surface area contributed by atoms with Gasteiger partial charge in [-0.1, -0.05) is 22.9 Å². The van der Waals surface area contributed by atoms with Gasteiger partial charge in [-0.05, 0) is 18.2 Å². The van der Waals surface area contributed by atoms with E-state index in [2.05, 4.69) is 10.2 Å². The first-order chi connectivity index (χ1) is 8.33. The van der Waals surface area contributed by atoms with Gasteiger partial charge < -0.3 is 10.2 Å². The number of nitrogens with zero attached hydrogens (tertiary/aromatic N) is 2. The summed E-state index contributed by atoms with van der Waals surface area (Å²) in [5.74, 6) is 0. The van der Waals surface area contributed by atoms with E-state index < -0.39 is 0 Å². The standard InChI is InChI=1S/C12H14ClN3S/c13-9-2-3-10-11(8-9)17-12(15-10)16-6-1-4-14-5-7-16/h2-3,8,14H,1,4-7H2/p+1. The maximum atomic E-state index is 6.00. The molecule has 3 nitrogen and oxygen atoms in total. The lowest BCUT2D eigenvalue weighted by Gasteiger charge is -2.16. The topological polar surface area (TPSA) is 32.7 Å². The van der Waals surface area contributed by atoms with Crippen LogP contribution < -0.4 is 10.2 Å². The maximum absolute atomic E-state index is 6.00. The van der Waals surface area contributed by atoms with Crippen molar-refractivity contribution in [3.8, 4) is 0 Å². The van der Waals surface area contributed by atoms with Gasteiger partial charge in [-0.25, -0.2) is 4.98 Å². The fourth-order valence-electron chi connectivity index (χ4n) is 2.14. The number of benzene rings is 1. The Kier molecular flexibility index (Phi) is 3.18. The zero-order chi connectivity index (χ0) is 11.7. The predicted molar refractivity (Wildman–Crippen MR) is 73.1 cm³/mol. The van der Waals surface area contributed by atoms with Crippen molar-refractivity contribution in [2.75, 3.05) is 31.1 Å². The normalized spacial score (nSPS) is 17.4. The van der Waals surface area contributed by atoms with Gasteiger partial charge >= 0.3 is 0 Å². The molecule has 0 bridgehead atoms. The number of quaternary nitrogens is 1. The van der Waals surface area contributed by atoms with Crippen molar-refractivity contribution in [3.05, 3.63) is 23.2 Å². The van der Waals surface area contributed by atoms with Crippen molar-refractivity contribution in [1.29, 1.82) is 0 Å². The minimum atomic E-state index is 0.789. The van der Waals surface area contributed by atoms with Gasteiger partial charge in [-0.15, -0.1) is 0 Å². The number of halogens is 1. The summed E-state index contributed by atoms with van der Waals surface area (Å²) in [6.07, 6.45) is 1.23. The van der Waals surface area contributed by atoms with Gasteiger partial charge in [0.2, 0.25) is 0 Å². The first-order valence-electron chi connectivity index (χ1n) is 5.96. The Balaban J connectivity index is 1.93. The van der Waals surface area contributed by atoms with Gasteiger partial charge in [0.15, 0.2) is 5.13 Å². The van der Waals surface area contributed by atoms with Crippen LogP contribution in [0.15, 0.2) is 18.2 Å². The molecule has 2 aromatic rings. The SMILES string of the molecule is Clc1ccc2nc(N3CCC[NH2+]CC3)sc2c1.